The fourth-order valence-electron chi connectivity index (χ4n) is 3.28. The highest BCUT2D eigenvalue weighted by Crippen LogP contribution is 2.30. The molecule has 4 amide bonds. The SMILES string of the molecule is COc1ccccc1C=C1C(=O)N(c2ccccc2)C(=O)N(c2ccccc2)C1=O. The zero-order valence-corrected chi connectivity index (χ0v) is 16.2. The van der Waals surface area contributed by atoms with Crippen LogP contribution in [-0.4, -0.2) is 25.0 Å². The molecule has 0 atom stereocenters. The van der Waals surface area contributed by atoms with E-state index in [2.05, 4.69) is 0 Å². The standard InChI is InChI=1S/C24H18N2O4/c1-30-21-15-9-8-10-17(21)16-20-22(27)25(18-11-4-2-5-12-18)24(29)26(23(20)28)19-13-6-3-7-14-19/h2-16H,1H3. The van der Waals surface area contributed by atoms with Crippen molar-refractivity contribution in [1.29, 1.82) is 0 Å². The summed E-state index contributed by atoms with van der Waals surface area (Å²) in [5.41, 5.74) is 1.19. The monoisotopic (exact) mass is 398 g/mol. The number of nitrogens with zero attached hydrogens (tertiary/aromatic N) is 2. The molecule has 1 aliphatic heterocycles. The smallest absolute Gasteiger partial charge is 0.343 e. The van der Waals surface area contributed by atoms with E-state index in [1.165, 1.54) is 13.2 Å². The number of hydrogen-bond donors (Lipinski definition) is 0. The predicted octanol–water partition coefficient (Wildman–Crippen LogP) is 4.28. The Bertz CT molecular complexity index is 1080. The summed E-state index contributed by atoms with van der Waals surface area (Å²) >= 11 is 0. The Hall–Kier alpha value is -4.19. The molecule has 0 aromatic heterocycles. The number of barbiturate groups is 1. The summed E-state index contributed by atoms with van der Waals surface area (Å²) in [5.74, 6) is -0.858. The second kappa shape index (κ2) is 8.05. The fourth-order valence-corrected chi connectivity index (χ4v) is 3.28. The lowest BCUT2D eigenvalue weighted by Crippen LogP contribution is -2.57. The molecule has 1 fully saturated rings. The van der Waals surface area contributed by atoms with Crippen LogP contribution < -0.4 is 14.5 Å². The van der Waals surface area contributed by atoms with Gasteiger partial charge in [-0.3, -0.25) is 9.59 Å². The summed E-state index contributed by atoms with van der Waals surface area (Å²) in [7, 11) is 1.51. The van der Waals surface area contributed by atoms with Gasteiger partial charge in [-0.15, -0.1) is 0 Å². The van der Waals surface area contributed by atoms with Gasteiger partial charge in [0, 0.05) is 5.56 Å². The molecule has 0 radical (unpaired) electrons. The summed E-state index contributed by atoms with van der Waals surface area (Å²) < 4.78 is 5.34. The van der Waals surface area contributed by atoms with Crippen molar-refractivity contribution in [2.75, 3.05) is 16.9 Å². The molecule has 0 aliphatic carbocycles. The van der Waals surface area contributed by atoms with E-state index in [0.717, 1.165) is 9.80 Å². The van der Waals surface area contributed by atoms with Crippen molar-refractivity contribution in [1.82, 2.24) is 0 Å². The largest absolute Gasteiger partial charge is 0.496 e. The van der Waals surface area contributed by atoms with Crippen molar-refractivity contribution in [3.05, 3.63) is 96.1 Å². The predicted molar refractivity (Wildman–Crippen MR) is 114 cm³/mol. The molecular weight excluding hydrogens is 380 g/mol. The van der Waals surface area contributed by atoms with Crippen LogP contribution in [0.1, 0.15) is 5.56 Å². The number of para-hydroxylation sites is 3. The van der Waals surface area contributed by atoms with E-state index in [9.17, 15) is 14.4 Å². The van der Waals surface area contributed by atoms with E-state index < -0.39 is 17.8 Å². The van der Waals surface area contributed by atoms with Crippen molar-refractivity contribution < 1.29 is 19.1 Å². The van der Waals surface area contributed by atoms with Crippen LogP contribution in [0.5, 0.6) is 5.75 Å². The third kappa shape index (κ3) is 3.35. The molecule has 0 N–H and O–H groups in total. The van der Waals surface area contributed by atoms with Gasteiger partial charge in [0.2, 0.25) is 0 Å². The lowest BCUT2D eigenvalue weighted by molar-refractivity contribution is -0.121. The molecule has 1 aliphatic rings. The first-order valence-corrected chi connectivity index (χ1v) is 9.29. The maximum absolute atomic E-state index is 13.3. The van der Waals surface area contributed by atoms with Crippen LogP contribution >= 0.6 is 0 Å². The lowest BCUT2D eigenvalue weighted by Gasteiger charge is -2.34. The van der Waals surface area contributed by atoms with Gasteiger partial charge in [0.05, 0.1) is 18.5 Å². The van der Waals surface area contributed by atoms with Crippen molar-refractivity contribution >= 4 is 35.3 Å². The van der Waals surface area contributed by atoms with E-state index in [-0.39, 0.29) is 5.57 Å². The highest BCUT2D eigenvalue weighted by atomic mass is 16.5. The topological polar surface area (TPSA) is 66.9 Å². The van der Waals surface area contributed by atoms with Gasteiger partial charge in [0.15, 0.2) is 0 Å². The van der Waals surface area contributed by atoms with Gasteiger partial charge in [-0.2, -0.15) is 0 Å². The Morgan fingerprint density at radius 3 is 1.63 bits per heavy atom. The molecule has 0 spiro atoms. The second-order valence-electron chi connectivity index (χ2n) is 6.53. The number of methoxy groups -OCH3 is 1. The van der Waals surface area contributed by atoms with E-state index in [0.29, 0.717) is 22.7 Å². The lowest BCUT2D eigenvalue weighted by atomic mass is 10.0. The summed E-state index contributed by atoms with van der Waals surface area (Å²) in [4.78, 5) is 41.8. The second-order valence-corrected chi connectivity index (χ2v) is 6.53. The third-order valence-electron chi connectivity index (χ3n) is 4.72. The number of carbonyl (C=O) groups excluding carboxylic acids is 3. The molecule has 1 heterocycles. The first-order valence-electron chi connectivity index (χ1n) is 9.29. The highest BCUT2D eigenvalue weighted by Gasteiger charge is 2.43. The van der Waals surface area contributed by atoms with Crippen LogP contribution in [0.3, 0.4) is 0 Å². The Kier molecular flexibility index (Phi) is 5.13. The Balaban J connectivity index is 1.89. The Morgan fingerprint density at radius 2 is 1.13 bits per heavy atom. The summed E-state index contributed by atoms with van der Waals surface area (Å²) in [6.07, 6.45) is 1.46. The molecule has 6 nitrogen and oxygen atoms in total. The van der Waals surface area contributed by atoms with Gasteiger partial charge >= 0.3 is 6.03 Å². The number of ether oxygens (including phenoxy) is 1. The molecule has 30 heavy (non-hydrogen) atoms. The van der Waals surface area contributed by atoms with Crippen LogP contribution in [-0.2, 0) is 9.59 Å². The molecule has 148 valence electrons. The number of rotatable bonds is 4. The minimum absolute atomic E-state index is 0.133. The van der Waals surface area contributed by atoms with E-state index in [1.807, 2.05) is 0 Å². The van der Waals surface area contributed by atoms with Gasteiger partial charge in [-0.1, -0.05) is 54.6 Å². The number of benzene rings is 3. The van der Waals surface area contributed by atoms with E-state index >= 15 is 0 Å². The average molecular weight is 398 g/mol. The molecule has 3 aromatic carbocycles. The molecule has 6 heteroatoms. The van der Waals surface area contributed by atoms with Crippen LogP contribution in [0.25, 0.3) is 6.08 Å². The van der Waals surface area contributed by atoms with Gasteiger partial charge < -0.3 is 4.74 Å². The van der Waals surface area contributed by atoms with E-state index in [4.69, 9.17) is 4.74 Å². The number of urea groups is 1. The van der Waals surface area contributed by atoms with E-state index in [1.54, 1.807) is 84.9 Å². The molecule has 0 bridgehead atoms. The average Bonchev–Trinajstić information content (AvgIpc) is 2.78. The van der Waals surface area contributed by atoms with Gasteiger partial charge in [-0.05, 0) is 36.4 Å². The van der Waals surface area contributed by atoms with Crippen LogP contribution in [0.2, 0.25) is 0 Å². The Morgan fingerprint density at radius 1 is 0.667 bits per heavy atom. The minimum atomic E-state index is -0.723. The van der Waals surface area contributed by atoms with Crippen molar-refractivity contribution in [3.63, 3.8) is 0 Å². The first-order chi connectivity index (χ1) is 14.6. The quantitative estimate of drug-likeness (QED) is 0.486. The van der Waals surface area contributed by atoms with Crippen molar-refractivity contribution in [2.24, 2.45) is 0 Å². The van der Waals surface area contributed by atoms with Gasteiger partial charge in [-0.25, -0.2) is 14.6 Å². The first kappa shape index (κ1) is 19.1. The Labute approximate surface area is 173 Å². The highest BCUT2D eigenvalue weighted by molar-refractivity contribution is 6.46. The van der Waals surface area contributed by atoms with Gasteiger partial charge in [0.25, 0.3) is 11.8 Å². The molecule has 0 saturated carbocycles. The summed E-state index contributed by atoms with van der Waals surface area (Å²) in [6, 6.07) is 23.4. The zero-order valence-electron chi connectivity index (χ0n) is 16.2. The maximum Gasteiger partial charge on any atom is 0.343 e. The normalized spacial score (nSPS) is 14.2. The van der Waals surface area contributed by atoms with Crippen molar-refractivity contribution in [2.45, 2.75) is 0 Å². The number of carbonyl (C=O) groups is 3. The fraction of sp³-hybridized carbons (Fsp3) is 0.0417. The third-order valence-corrected chi connectivity index (χ3v) is 4.72. The molecule has 4 rings (SSSR count). The summed E-state index contributed by atoms with van der Waals surface area (Å²) in [5, 5.41) is 0. The van der Waals surface area contributed by atoms with Crippen LogP contribution in [0.4, 0.5) is 16.2 Å². The maximum atomic E-state index is 13.3. The minimum Gasteiger partial charge on any atom is -0.496 e. The summed E-state index contributed by atoms with van der Waals surface area (Å²) in [6.45, 7) is 0. The molecule has 3 aromatic rings. The van der Waals surface area contributed by atoms with Crippen LogP contribution in [0.15, 0.2) is 90.5 Å². The number of anilines is 2. The van der Waals surface area contributed by atoms with Crippen molar-refractivity contribution in [3.8, 4) is 5.75 Å². The number of hydrogen-bond acceptors (Lipinski definition) is 4. The number of imide groups is 2. The molecular formula is C24H18N2O4. The number of amides is 4. The zero-order chi connectivity index (χ0) is 21.1. The van der Waals surface area contributed by atoms with Gasteiger partial charge in [0.1, 0.15) is 11.3 Å². The molecule has 0 unspecified atom stereocenters. The van der Waals surface area contributed by atoms with Crippen LogP contribution in [0, 0.1) is 0 Å². The molecule has 1 saturated heterocycles.